The van der Waals surface area contributed by atoms with Crippen molar-refractivity contribution in [2.24, 2.45) is 0 Å². The van der Waals surface area contributed by atoms with Crippen LogP contribution in [-0.4, -0.2) is 35.8 Å². The topological polar surface area (TPSA) is 75.7 Å². The van der Waals surface area contributed by atoms with Crippen LogP contribution in [0.25, 0.3) is 0 Å². The van der Waals surface area contributed by atoms with Gasteiger partial charge < -0.3 is 10.1 Å². The van der Waals surface area contributed by atoms with E-state index in [9.17, 15) is 23.2 Å². The number of benzene rings is 2. The molecule has 3 amide bonds. The Hall–Kier alpha value is -3.29. The van der Waals surface area contributed by atoms with Gasteiger partial charge in [0.05, 0.1) is 6.54 Å². The van der Waals surface area contributed by atoms with Crippen LogP contribution in [0.2, 0.25) is 0 Å². The molecule has 1 N–H and O–H groups in total. The molecule has 0 bridgehead atoms. The zero-order chi connectivity index (χ0) is 19.6. The molecule has 1 aliphatic heterocycles. The van der Waals surface area contributed by atoms with Crippen LogP contribution in [0.15, 0.2) is 54.6 Å². The fourth-order valence-electron chi connectivity index (χ4n) is 2.86. The van der Waals surface area contributed by atoms with Gasteiger partial charge in [0.2, 0.25) is 0 Å². The van der Waals surface area contributed by atoms with Crippen molar-refractivity contribution in [3.05, 3.63) is 65.7 Å². The molecule has 0 aromatic heterocycles. The normalized spacial score (nSPS) is 19.3. The predicted molar refractivity (Wildman–Crippen MR) is 91.4 cm³/mol. The van der Waals surface area contributed by atoms with E-state index in [-0.39, 0.29) is 11.5 Å². The first kappa shape index (κ1) is 18.5. The third kappa shape index (κ3) is 3.64. The summed E-state index contributed by atoms with van der Waals surface area (Å²) in [6.45, 7) is -1.86. The summed E-state index contributed by atoms with van der Waals surface area (Å²) in [6, 6.07) is 13.0. The van der Waals surface area contributed by atoms with E-state index in [1.54, 1.807) is 30.3 Å². The molecular weight excluding hydrogens is 358 g/mol. The average Bonchev–Trinajstić information content (AvgIpc) is 2.86. The Morgan fingerprint density at radius 3 is 2.33 bits per heavy atom. The molecule has 1 heterocycles. The zero-order valence-electron chi connectivity index (χ0n) is 14.3. The Morgan fingerprint density at radius 1 is 1.11 bits per heavy atom. The Balaban J connectivity index is 1.79. The lowest BCUT2D eigenvalue weighted by Crippen LogP contribution is -2.41. The summed E-state index contributed by atoms with van der Waals surface area (Å²) in [6.07, 6.45) is 0. The molecule has 0 saturated carbocycles. The number of ether oxygens (including phenoxy) is 1. The molecule has 2 aromatic carbocycles. The van der Waals surface area contributed by atoms with Gasteiger partial charge in [0.25, 0.3) is 5.91 Å². The molecule has 0 aliphatic carbocycles. The Kier molecular flexibility index (Phi) is 4.89. The smallest absolute Gasteiger partial charge is 0.387 e. The summed E-state index contributed by atoms with van der Waals surface area (Å²) in [5.41, 5.74) is -0.630. The Labute approximate surface area is 153 Å². The number of imide groups is 1. The van der Waals surface area contributed by atoms with E-state index in [2.05, 4.69) is 10.1 Å². The van der Waals surface area contributed by atoms with Gasteiger partial charge >= 0.3 is 12.6 Å². The number of carbonyl (C=O) groups is 3. The maximum absolute atomic E-state index is 12.8. The molecule has 8 heteroatoms. The SMILES string of the molecule is C[C@]1(c2ccc(OC(F)F)cc2)NC(=O)N(CC(=O)c2ccccc2)C1=O. The monoisotopic (exact) mass is 374 g/mol. The molecule has 1 atom stereocenters. The molecule has 0 spiro atoms. The van der Waals surface area contributed by atoms with Crippen LogP contribution in [-0.2, 0) is 10.3 Å². The third-order valence-corrected chi connectivity index (χ3v) is 4.33. The molecule has 27 heavy (non-hydrogen) atoms. The van der Waals surface area contributed by atoms with Crippen LogP contribution in [0.5, 0.6) is 5.75 Å². The van der Waals surface area contributed by atoms with Gasteiger partial charge in [-0.05, 0) is 24.6 Å². The lowest BCUT2D eigenvalue weighted by Gasteiger charge is -2.22. The fourth-order valence-corrected chi connectivity index (χ4v) is 2.86. The van der Waals surface area contributed by atoms with Gasteiger partial charge in [-0.15, -0.1) is 0 Å². The van der Waals surface area contributed by atoms with Crippen molar-refractivity contribution in [1.82, 2.24) is 10.2 Å². The summed E-state index contributed by atoms with van der Waals surface area (Å²) >= 11 is 0. The number of nitrogens with zero attached hydrogens (tertiary/aromatic N) is 1. The molecule has 0 radical (unpaired) electrons. The van der Waals surface area contributed by atoms with Gasteiger partial charge in [-0.25, -0.2) is 4.79 Å². The van der Waals surface area contributed by atoms with Gasteiger partial charge in [0.15, 0.2) is 5.78 Å². The largest absolute Gasteiger partial charge is 0.435 e. The van der Waals surface area contributed by atoms with Crippen molar-refractivity contribution < 1.29 is 27.9 Å². The second-order valence-corrected chi connectivity index (χ2v) is 6.14. The summed E-state index contributed by atoms with van der Waals surface area (Å²) < 4.78 is 28.8. The van der Waals surface area contributed by atoms with Crippen molar-refractivity contribution in [1.29, 1.82) is 0 Å². The average molecular weight is 374 g/mol. The highest BCUT2D eigenvalue weighted by atomic mass is 19.3. The van der Waals surface area contributed by atoms with Gasteiger partial charge in [-0.2, -0.15) is 8.78 Å². The number of ketones is 1. The number of alkyl halides is 2. The summed E-state index contributed by atoms with van der Waals surface area (Å²) in [5, 5.41) is 2.56. The number of rotatable bonds is 6. The lowest BCUT2D eigenvalue weighted by atomic mass is 9.92. The fraction of sp³-hybridized carbons (Fsp3) is 0.211. The van der Waals surface area contributed by atoms with Gasteiger partial charge in [-0.1, -0.05) is 42.5 Å². The van der Waals surface area contributed by atoms with Gasteiger partial charge in [-0.3, -0.25) is 14.5 Å². The van der Waals surface area contributed by atoms with Crippen molar-refractivity contribution in [2.75, 3.05) is 6.54 Å². The van der Waals surface area contributed by atoms with Crippen LogP contribution in [0.3, 0.4) is 0 Å². The van der Waals surface area contributed by atoms with E-state index < -0.39 is 30.6 Å². The van der Waals surface area contributed by atoms with Gasteiger partial charge in [0.1, 0.15) is 11.3 Å². The molecule has 3 rings (SSSR count). The third-order valence-electron chi connectivity index (χ3n) is 4.33. The molecule has 140 valence electrons. The van der Waals surface area contributed by atoms with Crippen LogP contribution < -0.4 is 10.1 Å². The second-order valence-electron chi connectivity index (χ2n) is 6.14. The lowest BCUT2D eigenvalue weighted by molar-refractivity contribution is -0.130. The first-order valence-corrected chi connectivity index (χ1v) is 8.09. The molecule has 0 unspecified atom stereocenters. The number of hydrogen-bond donors (Lipinski definition) is 1. The van der Waals surface area contributed by atoms with Crippen molar-refractivity contribution in [3.63, 3.8) is 0 Å². The second kappa shape index (κ2) is 7.14. The number of nitrogens with one attached hydrogen (secondary N) is 1. The molecule has 2 aromatic rings. The minimum absolute atomic E-state index is 0.0646. The summed E-state index contributed by atoms with van der Waals surface area (Å²) in [7, 11) is 0. The number of carbonyl (C=O) groups excluding carboxylic acids is 3. The Bertz CT molecular complexity index is 871. The zero-order valence-corrected chi connectivity index (χ0v) is 14.3. The molecule has 1 fully saturated rings. The Morgan fingerprint density at radius 2 is 1.74 bits per heavy atom. The number of amides is 3. The van der Waals surface area contributed by atoms with E-state index in [1.807, 2.05) is 0 Å². The minimum Gasteiger partial charge on any atom is -0.435 e. The van der Waals surface area contributed by atoms with Crippen LogP contribution in [0.1, 0.15) is 22.8 Å². The highest BCUT2D eigenvalue weighted by molar-refractivity contribution is 6.11. The van der Waals surface area contributed by atoms with Crippen molar-refractivity contribution >= 4 is 17.7 Å². The highest BCUT2D eigenvalue weighted by Crippen LogP contribution is 2.30. The molecule has 6 nitrogen and oxygen atoms in total. The number of urea groups is 1. The maximum atomic E-state index is 12.8. The first-order chi connectivity index (χ1) is 12.8. The van der Waals surface area contributed by atoms with Crippen LogP contribution >= 0.6 is 0 Å². The van der Waals surface area contributed by atoms with E-state index in [0.717, 1.165) is 4.90 Å². The standard InChI is InChI=1S/C19H16F2N2O4/c1-19(13-7-9-14(10-8-13)27-17(20)21)16(25)23(18(26)22-19)11-15(24)12-5-3-2-4-6-12/h2-10,17H,11H2,1H3,(H,22,26)/t19-/m1/s1. The van der Waals surface area contributed by atoms with E-state index in [0.29, 0.717) is 11.1 Å². The quantitative estimate of drug-likeness (QED) is 0.623. The van der Waals surface area contributed by atoms with Crippen molar-refractivity contribution in [2.45, 2.75) is 19.1 Å². The summed E-state index contributed by atoms with van der Waals surface area (Å²) in [5.74, 6) is -1.03. The summed E-state index contributed by atoms with van der Waals surface area (Å²) in [4.78, 5) is 38.2. The molecule has 1 saturated heterocycles. The van der Waals surface area contributed by atoms with E-state index >= 15 is 0 Å². The molecular formula is C19H16F2N2O4. The number of hydrogen-bond acceptors (Lipinski definition) is 4. The van der Waals surface area contributed by atoms with Crippen LogP contribution in [0, 0.1) is 0 Å². The number of Topliss-reactive ketones (excluding diaryl/α,β-unsaturated/α-hetero) is 1. The van der Waals surface area contributed by atoms with Gasteiger partial charge in [0, 0.05) is 5.56 Å². The minimum atomic E-state index is -2.96. The number of halogens is 2. The van der Waals surface area contributed by atoms with Crippen LogP contribution in [0.4, 0.5) is 13.6 Å². The highest BCUT2D eigenvalue weighted by Gasteiger charge is 2.49. The molecule has 1 aliphatic rings. The maximum Gasteiger partial charge on any atom is 0.387 e. The van der Waals surface area contributed by atoms with E-state index in [1.165, 1.54) is 31.2 Å². The van der Waals surface area contributed by atoms with Crippen molar-refractivity contribution in [3.8, 4) is 5.75 Å². The first-order valence-electron chi connectivity index (χ1n) is 8.09. The predicted octanol–water partition coefficient (Wildman–Crippen LogP) is 2.94. The van der Waals surface area contributed by atoms with E-state index in [4.69, 9.17) is 0 Å².